The second kappa shape index (κ2) is 20.9. The van der Waals surface area contributed by atoms with Crippen LogP contribution in [0.1, 0.15) is 38.3 Å². The quantitative estimate of drug-likeness (QED) is 0.0530. The summed E-state index contributed by atoms with van der Waals surface area (Å²) in [4.78, 5) is 26.2. The number of aliphatic hydroxyl groups excluding tert-OH is 6. The highest BCUT2D eigenvalue weighted by molar-refractivity contribution is 7.99. The predicted octanol–water partition coefficient (Wildman–Crippen LogP) is -5.39. The van der Waals surface area contributed by atoms with Crippen LogP contribution >= 0.6 is 24.0 Å². The zero-order valence-corrected chi connectivity index (χ0v) is 36.1. The van der Waals surface area contributed by atoms with E-state index in [4.69, 9.17) is 75.0 Å². The van der Waals surface area contributed by atoms with E-state index in [1.54, 1.807) is 42.5 Å². The molecule has 4 fully saturated rings. The van der Waals surface area contributed by atoms with E-state index < -0.39 is 116 Å². The van der Waals surface area contributed by atoms with Gasteiger partial charge < -0.3 is 104 Å². The number of ether oxygens (including phenoxy) is 6. The fourth-order valence-electron chi connectivity index (χ4n) is 8.52. The van der Waals surface area contributed by atoms with Gasteiger partial charge in [0.1, 0.15) is 61.0 Å². The molecule has 354 valence electrons. The molecular formula is C40H58N8O14S2. The van der Waals surface area contributed by atoms with Crippen molar-refractivity contribution >= 4 is 46.3 Å². The van der Waals surface area contributed by atoms with Crippen molar-refractivity contribution in [2.45, 2.75) is 123 Å². The van der Waals surface area contributed by atoms with E-state index in [1.807, 2.05) is 0 Å². The van der Waals surface area contributed by atoms with Gasteiger partial charge in [-0.15, -0.1) is 0 Å². The highest BCUT2D eigenvalue weighted by atomic mass is 32.2. The van der Waals surface area contributed by atoms with Crippen LogP contribution in [-0.4, -0.2) is 195 Å². The molecule has 64 heavy (non-hydrogen) atoms. The third-order valence-electron chi connectivity index (χ3n) is 12.2. The van der Waals surface area contributed by atoms with Crippen molar-refractivity contribution in [3.63, 3.8) is 0 Å². The zero-order chi connectivity index (χ0) is 46.1. The number of hydrogen-bond acceptors (Lipinski definition) is 22. The first kappa shape index (κ1) is 49.0. The summed E-state index contributed by atoms with van der Waals surface area (Å²) in [5.74, 6) is 0.121. The van der Waals surface area contributed by atoms with Crippen LogP contribution in [0.3, 0.4) is 0 Å². The van der Waals surface area contributed by atoms with Crippen molar-refractivity contribution in [3.05, 3.63) is 64.7 Å². The molecule has 2 aliphatic carbocycles. The summed E-state index contributed by atoms with van der Waals surface area (Å²) in [6, 6.07) is 7.19. The van der Waals surface area contributed by atoms with E-state index in [2.05, 4.69) is 10.6 Å². The minimum atomic E-state index is -1.59. The molecule has 2 aromatic carbocycles. The predicted molar refractivity (Wildman–Crippen MR) is 233 cm³/mol. The molecule has 22 nitrogen and oxygen atoms in total. The summed E-state index contributed by atoms with van der Waals surface area (Å²) in [7, 11) is 0. The molecule has 0 unspecified atom stereocenters. The Kier molecular flexibility index (Phi) is 16.0. The number of rotatable bonds is 14. The molecule has 0 amide bonds. The standard InChI is InChI=1S/C40H58N8O14S2/c41-11-21-29(52)31(54)24(45)37(57-21)60-34-20(44)10-19(43)28(51)36(34)62-39-33(56)35(61-38-25(46)32(55)30(53)22(12-42)58-38)23(59-39)13-64-8-7-47-40(63)48-14-5-6-17-18(9-14)27(50)16-4-2-1-3-15(16)26(17)49/h1-6,9,19-25,28-39,51-56H,7-8,10-13,41-46H2,(H2,47,48,63)/t19-,20+,21-,22+,23-,24-,25-,28+,29-,30-,31-,32-,33-,34-,35-,36-,37-,38-,39+/m1/s1. The molecular weight excluding hydrogens is 881 g/mol. The number of aliphatic hydroxyl groups is 6. The van der Waals surface area contributed by atoms with Crippen LogP contribution in [0.15, 0.2) is 42.5 Å². The molecule has 0 spiro atoms. The molecule has 19 atom stereocenters. The molecule has 0 radical (unpaired) electrons. The van der Waals surface area contributed by atoms with Crippen molar-refractivity contribution in [1.29, 1.82) is 0 Å². The fourth-order valence-corrected chi connectivity index (χ4v) is 9.65. The maximum absolute atomic E-state index is 13.2. The monoisotopic (exact) mass is 938 g/mol. The first-order valence-electron chi connectivity index (χ1n) is 20.9. The first-order valence-corrected chi connectivity index (χ1v) is 22.5. The molecule has 20 N–H and O–H groups in total. The lowest BCUT2D eigenvalue weighted by atomic mass is 9.84. The minimum absolute atomic E-state index is 0.0711. The van der Waals surface area contributed by atoms with Gasteiger partial charge in [0, 0.05) is 71.2 Å². The van der Waals surface area contributed by atoms with Gasteiger partial charge in [0.15, 0.2) is 35.5 Å². The average molecular weight is 939 g/mol. The number of nitrogens with two attached hydrogens (primary N) is 6. The maximum atomic E-state index is 13.2. The summed E-state index contributed by atoms with van der Waals surface area (Å²) < 4.78 is 36.4. The molecule has 0 bridgehead atoms. The number of anilines is 1. The normalized spacial score (nSPS) is 39.8. The SMILES string of the molecule is NC[C@@H]1O[C@H](O[C@H]2[C@@H](O)[C@H](O[C@@H]3[C@@H](O)[C@H](N)C[C@H](N)[C@H]3O[C@H]3O[C@H](CN)[C@@H](O)[C@H](O)[C@H]3N)O[C@@H]2CSCCNC(=S)Nc2ccc3c(c2)C(=O)c2ccccc2C3=O)[C@H](N)[C@@H](O)[C@@H]1O. The van der Waals surface area contributed by atoms with Crippen molar-refractivity contribution in [3.8, 4) is 0 Å². The number of carbonyl (C=O) groups is 2. The summed E-state index contributed by atoms with van der Waals surface area (Å²) in [6.45, 7) is -0.0106. The number of nitrogens with one attached hydrogen (secondary N) is 2. The highest BCUT2D eigenvalue weighted by Gasteiger charge is 2.54. The number of carbonyl (C=O) groups excluding carboxylic acids is 2. The van der Waals surface area contributed by atoms with E-state index in [-0.39, 0.29) is 47.5 Å². The average Bonchev–Trinajstić information content (AvgIpc) is 3.57. The highest BCUT2D eigenvalue weighted by Crippen LogP contribution is 2.36. The van der Waals surface area contributed by atoms with Crippen molar-refractivity contribution < 1.29 is 68.6 Å². The topological polar surface area (TPSA) is 391 Å². The van der Waals surface area contributed by atoms with E-state index >= 15 is 0 Å². The van der Waals surface area contributed by atoms with Crippen molar-refractivity contribution in [1.82, 2.24) is 5.32 Å². The van der Waals surface area contributed by atoms with Gasteiger partial charge in [-0.2, -0.15) is 11.8 Å². The van der Waals surface area contributed by atoms with E-state index in [1.165, 1.54) is 11.8 Å². The molecule has 3 aliphatic heterocycles. The third kappa shape index (κ3) is 10.0. The summed E-state index contributed by atoms with van der Waals surface area (Å²) in [5.41, 5.74) is 38.4. The molecule has 24 heteroatoms. The Morgan fingerprint density at radius 3 is 1.78 bits per heavy atom. The second-order valence-electron chi connectivity index (χ2n) is 16.5. The number of thiocarbonyl (C=S) groups is 1. The lowest BCUT2D eigenvalue weighted by molar-refractivity contribution is -0.306. The van der Waals surface area contributed by atoms with Gasteiger partial charge in [-0.1, -0.05) is 24.3 Å². The van der Waals surface area contributed by atoms with Crippen LogP contribution in [-0.2, 0) is 28.4 Å². The Balaban J connectivity index is 1.00. The summed E-state index contributed by atoms with van der Waals surface area (Å²) in [5, 5.41) is 71.6. The van der Waals surface area contributed by atoms with Crippen molar-refractivity contribution in [2.24, 2.45) is 34.4 Å². The molecule has 3 saturated heterocycles. The van der Waals surface area contributed by atoms with Gasteiger partial charge in [0.05, 0.1) is 24.3 Å². The number of thioether (sulfide) groups is 1. The van der Waals surface area contributed by atoms with Gasteiger partial charge in [-0.05, 0) is 36.8 Å². The Morgan fingerprint density at radius 2 is 1.19 bits per heavy atom. The smallest absolute Gasteiger partial charge is 0.194 e. The second-order valence-corrected chi connectivity index (χ2v) is 18.0. The number of ketones is 2. The maximum Gasteiger partial charge on any atom is 0.194 e. The lowest BCUT2D eigenvalue weighted by Crippen LogP contribution is -2.68. The van der Waals surface area contributed by atoms with Gasteiger partial charge in [0.2, 0.25) is 0 Å². The first-order chi connectivity index (χ1) is 30.5. The van der Waals surface area contributed by atoms with Gasteiger partial charge in [-0.3, -0.25) is 9.59 Å². The molecule has 2 aromatic rings. The van der Waals surface area contributed by atoms with Crippen LogP contribution in [0.25, 0.3) is 0 Å². The van der Waals surface area contributed by atoms with Crippen LogP contribution in [0.4, 0.5) is 5.69 Å². The Bertz CT molecular complexity index is 1980. The molecule has 1 saturated carbocycles. The lowest BCUT2D eigenvalue weighted by Gasteiger charge is -2.47. The van der Waals surface area contributed by atoms with Crippen LogP contribution < -0.4 is 45.0 Å². The third-order valence-corrected chi connectivity index (χ3v) is 13.5. The Hall–Kier alpha value is -2.90. The fraction of sp³-hybridized carbons (Fsp3) is 0.625. The molecule has 0 aromatic heterocycles. The number of benzene rings is 2. The van der Waals surface area contributed by atoms with E-state index in [0.717, 1.165) is 0 Å². The molecule has 7 rings (SSSR count). The van der Waals surface area contributed by atoms with Crippen LogP contribution in [0.5, 0.6) is 0 Å². The largest absolute Gasteiger partial charge is 0.389 e. The summed E-state index contributed by atoms with van der Waals surface area (Å²) in [6.07, 6.45) is -19.7. The van der Waals surface area contributed by atoms with E-state index in [0.29, 0.717) is 34.7 Å². The molecule has 3 heterocycles. The van der Waals surface area contributed by atoms with Gasteiger partial charge in [0.25, 0.3) is 0 Å². The summed E-state index contributed by atoms with van der Waals surface area (Å²) >= 11 is 6.88. The Morgan fingerprint density at radius 1 is 0.656 bits per heavy atom. The van der Waals surface area contributed by atoms with E-state index in [9.17, 15) is 40.2 Å². The molecule has 5 aliphatic rings. The van der Waals surface area contributed by atoms with Gasteiger partial charge >= 0.3 is 0 Å². The Labute approximate surface area is 377 Å². The zero-order valence-electron chi connectivity index (χ0n) is 34.5. The van der Waals surface area contributed by atoms with Crippen LogP contribution in [0, 0.1) is 0 Å². The van der Waals surface area contributed by atoms with Crippen LogP contribution in [0.2, 0.25) is 0 Å². The van der Waals surface area contributed by atoms with Gasteiger partial charge in [-0.25, -0.2) is 0 Å². The minimum Gasteiger partial charge on any atom is -0.389 e. The van der Waals surface area contributed by atoms with Crippen molar-refractivity contribution in [2.75, 3.05) is 36.5 Å². The number of hydrogen-bond donors (Lipinski definition) is 14. The number of fused-ring (bicyclic) bond motifs is 2.